The van der Waals surface area contributed by atoms with Crippen molar-refractivity contribution in [2.24, 2.45) is 28.6 Å². The number of likely N-dealkylation sites (tertiary alicyclic amines) is 1. The average Bonchev–Trinajstić information content (AvgIpc) is 3.61. The second-order valence-electron chi connectivity index (χ2n) is 11.6. The maximum atomic E-state index is 13.4. The number of nitrogens with zero attached hydrogens (tertiary/aromatic N) is 2. The number of carbonyl (C=O) groups excluding carboxylic acids is 3. The number of ether oxygens (including phenoxy) is 1. The molecule has 1 aromatic carbocycles. The molecule has 4 aliphatic rings. The van der Waals surface area contributed by atoms with Gasteiger partial charge >= 0.3 is 0 Å². The van der Waals surface area contributed by atoms with E-state index in [0.29, 0.717) is 35.2 Å². The Hall–Kier alpha value is -2.30. The standard InChI is InChI=1S/C27H31Cl2N3O4/c1-26(2)18-13-32(22(34)14-36-21-4-3-16(28)10-19(21)29)24(23(18)26)25(35)31-17(12-30)9-15-5-6-27(7-8-27)11-20(15)33/h3-4,10,15,17-18,23-24H,5-9,11,13-14H2,1-2H3,(H,31,35)/t15-,17-,18-,23-,24?/m0/s1. The maximum Gasteiger partial charge on any atom is 0.261 e. The average molecular weight is 532 g/mol. The first-order valence-electron chi connectivity index (χ1n) is 12.6. The lowest BCUT2D eigenvalue weighted by molar-refractivity contribution is -0.142. The molecule has 4 fully saturated rings. The minimum absolute atomic E-state index is 0.0194. The molecule has 5 rings (SSSR count). The summed E-state index contributed by atoms with van der Waals surface area (Å²) in [6, 6.07) is 5.50. The van der Waals surface area contributed by atoms with Crippen LogP contribution < -0.4 is 10.1 Å². The Kier molecular flexibility index (Phi) is 6.49. The SMILES string of the molecule is CC1(C)[C@@H]2C(C(=O)N[C@H](C#N)C[C@@H]3CCC4(CC4)CC3=O)N(C(=O)COc3ccc(Cl)cc3Cl)C[C@@H]21. The zero-order valence-electron chi connectivity index (χ0n) is 20.6. The van der Waals surface area contributed by atoms with Gasteiger partial charge in [-0.1, -0.05) is 37.0 Å². The molecule has 1 N–H and O–H groups in total. The number of rotatable bonds is 7. The Morgan fingerprint density at radius 3 is 2.67 bits per heavy atom. The number of Topliss-reactive ketones (excluding diaryl/α,β-unsaturated/α-hetero) is 1. The number of carbonyl (C=O) groups is 3. The highest BCUT2D eigenvalue weighted by Crippen LogP contribution is 2.65. The quantitative estimate of drug-likeness (QED) is 0.561. The molecule has 192 valence electrons. The van der Waals surface area contributed by atoms with Gasteiger partial charge in [0.2, 0.25) is 5.91 Å². The lowest BCUT2D eigenvalue weighted by Gasteiger charge is -2.32. The van der Waals surface area contributed by atoms with Crippen LogP contribution in [0, 0.1) is 39.9 Å². The summed E-state index contributed by atoms with van der Waals surface area (Å²) < 4.78 is 5.63. The van der Waals surface area contributed by atoms with Crippen LogP contribution in [0.3, 0.4) is 0 Å². The molecular formula is C27H31Cl2N3O4. The number of hydrogen-bond acceptors (Lipinski definition) is 5. The zero-order valence-corrected chi connectivity index (χ0v) is 22.1. The summed E-state index contributed by atoms with van der Waals surface area (Å²) in [6.45, 7) is 4.41. The number of nitriles is 1. The number of hydrogen-bond donors (Lipinski definition) is 1. The second kappa shape index (κ2) is 9.22. The molecular weight excluding hydrogens is 501 g/mol. The lowest BCUT2D eigenvalue weighted by atomic mass is 9.76. The zero-order chi connectivity index (χ0) is 25.8. The summed E-state index contributed by atoms with van der Waals surface area (Å²) in [4.78, 5) is 40.8. The first-order valence-corrected chi connectivity index (χ1v) is 13.4. The maximum absolute atomic E-state index is 13.4. The van der Waals surface area contributed by atoms with E-state index >= 15 is 0 Å². The Labute approximate surface area is 221 Å². The Morgan fingerprint density at radius 2 is 2.03 bits per heavy atom. The summed E-state index contributed by atoms with van der Waals surface area (Å²) in [5.74, 6) is -0.0426. The molecule has 1 saturated heterocycles. The second-order valence-corrected chi connectivity index (χ2v) is 12.5. The van der Waals surface area contributed by atoms with Crippen molar-refractivity contribution in [1.29, 1.82) is 5.26 Å². The molecule has 36 heavy (non-hydrogen) atoms. The molecule has 2 amide bonds. The summed E-state index contributed by atoms with van der Waals surface area (Å²) in [5, 5.41) is 13.4. The normalized spacial score (nSPS) is 29.8. The summed E-state index contributed by atoms with van der Waals surface area (Å²) in [6.07, 6.45) is 4.99. The molecule has 1 heterocycles. The van der Waals surface area contributed by atoms with Crippen molar-refractivity contribution in [2.45, 2.75) is 64.5 Å². The van der Waals surface area contributed by atoms with E-state index in [-0.39, 0.29) is 52.8 Å². The molecule has 5 atom stereocenters. The number of piperidine rings is 1. The predicted octanol–water partition coefficient (Wildman–Crippen LogP) is 4.40. The van der Waals surface area contributed by atoms with E-state index < -0.39 is 12.1 Å². The van der Waals surface area contributed by atoms with Crippen molar-refractivity contribution >= 4 is 40.8 Å². The number of halogens is 2. The van der Waals surface area contributed by atoms with E-state index in [1.807, 2.05) is 0 Å². The number of nitrogens with one attached hydrogen (secondary N) is 1. The van der Waals surface area contributed by atoms with Crippen molar-refractivity contribution in [1.82, 2.24) is 10.2 Å². The summed E-state index contributed by atoms with van der Waals surface area (Å²) in [5.41, 5.74) is 0.174. The summed E-state index contributed by atoms with van der Waals surface area (Å²) in [7, 11) is 0. The molecule has 9 heteroatoms. The molecule has 1 aliphatic heterocycles. The van der Waals surface area contributed by atoms with E-state index in [2.05, 4.69) is 25.2 Å². The highest BCUT2D eigenvalue weighted by molar-refractivity contribution is 6.35. The third-order valence-corrected chi connectivity index (χ3v) is 9.55. The van der Waals surface area contributed by atoms with E-state index in [1.54, 1.807) is 17.0 Å². The fourth-order valence-corrected chi connectivity index (χ4v) is 6.90. The lowest BCUT2D eigenvalue weighted by Crippen LogP contribution is -2.53. The molecule has 0 aromatic heterocycles. The van der Waals surface area contributed by atoms with Gasteiger partial charge in [0.05, 0.1) is 11.1 Å². The van der Waals surface area contributed by atoms with Gasteiger partial charge in [0.1, 0.15) is 23.6 Å². The van der Waals surface area contributed by atoms with Crippen molar-refractivity contribution in [3.05, 3.63) is 28.2 Å². The van der Waals surface area contributed by atoms with Crippen molar-refractivity contribution in [3.8, 4) is 11.8 Å². The van der Waals surface area contributed by atoms with Gasteiger partial charge in [0.25, 0.3) is 5.91 Å². The van der Waals surface area contributed by atoms with Crippen LogP contribution in [-0.2, 0) is 14.4 Å². The van der Waals surface area contributed by atoms with Crippen molar-refractivity contribution in [2.75, 3.05) is 13.2 Å². The van der Waals surface area contributed by atoms with Crippen LogP contribution in [0.4, 0.5) is 0 Å². The van der Waals surface area contributed by atoms with Gasteiger partial charge in [-0.15, -0.1) is 0 Å². The number of benzene rings is 1. The van der Waals surface area contributed by atoms with Gasteiger partial charge in [-0.25, -0.2) is 0 Å². The Bertz CT molecular complexity index is 1140. The fraction of sp³-hybridized carbons (Fsp3) is 0.630. The first-order chi connectivity index (χ1) is 17.0. The third-order valence-electron chi connectivity index (χ3n) is 9.02. The van der Waals surface area contributed by atoms with Gasteiger partial charge < -0.3 is 15.0 Å². The molecule has 0 radical (unpaired) electrons. The number of fused-ring (bicyclic) bond motifs is 1. The van der Waals surface area contributed by atoms with E-state index in [0.717, 1.165) is 25.7 Å². The van der Waals surface area contributed by atoms with Crippen LogP contribution in [0.5, 0.6) is 5.75 Å². The van der Waals surface area contributed by atoms with Gasteiger partial charge in [-0.3, -0.25) is 14.4 Å². The van der Waals surface area contributed by atoms with Crippen LogP contribution in [-0.4, -0.2) is 47.7 Å². The van der Waals surface area contributed by atoms with E-state index in [9.17, 15) is 19.6 Å². The number of ketones is 1. The predicted molar refractivity (Wildman–Crippen MR) is 134 cm³/mol. The Balaban J connectivity index is 1.22. The van der Waals surface area contributed by atoms with Gasteiger partial charge in [-0.2, -0.15) is 5.26 Å². The number of amides is 2. The molecule has 1 spiro atoms. The minimum Gasteiger partial charge on any atom is -0.482 e. The molecule has 3 aliphatic carbocycles. The molecule has 1 unspecified atom stereocenters. The van der Waals surface area contributed by atoms with Crippen LogP contribution in [0.25, 0.3) is 0 Å². The first kappa shape index (κ1) is 25.4. The monoisotopic (exact) mass is 531 g/mol. The van der Waals surface area contributed by atoms with Crippen LogP contribution in [0.15, 0.2) is 18.2 Å². The fourth-order valence-electron chi connectivity index (χ4n) is 6.44. The van der Waals surface area contributed by atoms with Crippen molar-refractivity contribution < 1.29 is 19.1 Å². The van der Waals surface area contributed by atoms with Gasteiger partial charge in [-0.05, 0) is 73.0 Å². The van der Waals surface area contributed by atoms with E-state index in [4.69, 9.17) is 27.9 Å². The third kappa shape index (κ3) is 4.70. The molecule has 7 nitrogen and oxygen atoms in total. The van der Waals surface area contributed by atoms with Crippen LogP contribution in [0.1, 0.15) is 52.4 Å². The van der Waals surface area contributed by atoms with Crippen LogP contribution in [0.2, 0.25) is 10.0 Å². The highest BCUT2D eigenvalue weighted by Gasteiger charge is 2.69. The smallest absolute Gasteiger partial charge is 0.261 e. The summed E-state index contributed by atoms with van der Waals surface area (Å²) >= 11 is 12.1. The van der Waals surface area contributed by atoms with E-state index in [1.165, 1.54) is 6.07 Å². The molecule has 3 saturated carbocycles. The van der Waals surface area contributed by atoms with Gasteiger partial charge in [0.15, 0.2) is 6.61 Å². The molecule has 0 bridgehead atoms. The van der Waals surface area contributed by atoms with Gasteiger partial charge in [0, 0.05) is 23.9 Å². The highest BCUT2D eigenvalue weighted by atomic mass is 35.5. The van der Waals surface area contributed by atoms with Crippen LogP contribution >= 0.6 is 23.2 Å². The minimum atomic E-state index is -0.762. The molecule has 1 aromatic rings. The topological polar surface area (TPSA) is 99.5 Å². The van der Waals surface area contributed by atoms with Crippen molar-refractivity contribution in [3.63, 3.8) is 0 Å². The largest absolute Gasteiger partial charge is 0.482 e. The Morgan fingerprint density at radius 1 is 1.28 bits per heavy atom.